The van der Waals surface area contributed by atoms with Gasteiger partial charge < -0.3 is 5.73 Å². The average Bonchev–Trinajstić information content (AvgIpc) is 3.36. The number of hydrogen-bond donors (Lipinski definition) is 2. The molecule has 10 heteroatoms. The van der Waals surface area contributed by atoms with E-state index >= 15 is 0 Å². The second-order valence-corrected chi connectivity index (χ2v) is 7.26. The van der Waals surface area contributed by atoms with Gasteiger partial charge in [0.15, 0.2) is 5.65 Å². The molecule has 0 radical (unpaired) electrons. The summed E-state index contributed by atoms with van der Waals surface area (Å²) >= 11 is 0. The van der Waals surface area contributed by atoms with Crippen LogP contribution < -0.4 is 11.4 Å². The summed E-state index contributed by atoms with van der Waals surface area (Å²) in [5.41, 5.74) is 11.6. The molecular formula is C21H19N9O. The molecule has 0 amide bonds. The summed E-state index contributed by atoms with van der Waals surface area (Å²) in [5, 5.41) is 14.9. The molecule has 0 spiro atoms. The van der Waals surface area contributed by atoms with Crippen molar-refractivity contribution >= 4 is 11.6 Å². The molecule has 1 aromatic carbocycles. The Bertz CT molecular complexity index is 1430. The number of benzene rings is 1. The number of aromatic amines is 1. The minimum Gasteiger partial charge on any atom is -0.369 e. The molecule has 0 saturated heterocycles. The number of H-pyrrole nitrogens is 1. The third kappa shape index (κ3) is 3.23. The van der Waals surface area contributed by atoms with Crippen LogP contribution in [0.5, 0.6) is 0 Å². The molecule has 3 N–H and O–H groups in total. The third-order valence-electron chi connectivity index (χ3n) is 4.95. The molecule has 0 atom stereocenters. The monoisotopic (exact) mass is 413 g/mol. The Morgan fingerprint density at radius 3 is 2.45 bits per heavy atom. The molecular weight excluding hydrogens is 394 g/mol. The molecule has 0 aliphatic heterocycles. The summed E-state index contributed by atoms with van der Waals surface area (Å²) in [5.74, 6) is 0.0662. The van der Waals surface area contributed by atoms with Crippen LogP contribution in [0.15, 0.2) is 53.5 Å². The molecule has 10 nitrogen and oxygen atoms in total. The van der Waals surface area contributed by atoms with Gasteiger partial charge in [-0.05, 0) is 31.5 Å². The number of nitrogen functional groups attached to an aromatic ring is 1. The van der Waals surface area contributed by atoms with Gasteiger partial charge in [0, 0.05) is 23.1 Å². The summed E-state index contributed by atoms with van der Waals surface area (Å²) in [4.78, 5) is 22.2. The van der Waals surface area contributed by atoms with Gasteiger partial charge in [0.1, 0.15) is 5.69 Å². The predicted molar refractivity (Wildman–Crippen MR) is 115 cm³/mol. The number of nitrogens with zero attached hydrogens (tertiary/aromatic N) is 7. The van der Waals surface area contributed by atoms with E-state index in [2.05, 4.69) is 30.5 Å². The lowest BCUT2D eigenvalue weighted by atomic mass is 9.99. The number of nitrogens with one attached hydrogen (secondary N) is 1. The van der Waals surface area contributed by atoms with Gasteiger partial charge in [-0.1, -0.05) is 35.5 Å². The van der Waals surface area contributed by atoms with Crippen LogP contribution in [0.2, 0.25) is 0 Å². The van der Waals surface area contributed by atoms with Crippen LogP contribution in [0, 0.1) is 13.8 Å². The van der Waals surface area contributed by atoms with Crippen LogP contribution in [0.1, 0.15) is 17.1 Å². The molecule has 0 bridgehead atoms. The van der Waals surface area contributed by atoms with Gasteiger partial charge in [0.05, 0.1) is 17.8 Å². The number of fused-ring (bicyclic) bond motifs is 1. The van der Waals surface area contributed by atoms with E-state index in [9.17, 15) is 4.79 Å². The minimum atomic E-state index is -0.397. The fraction of sp³-hybridized carbons (Fsp3) is 0.143. The van der Waals surface area contributed by atoms with Crippen LogP contribution in [0.3, 0.4) is 0 Å². The Morgan fingerprint density at radius 1 is 1.03 bits per heavy atom. The molecule has 4 aromatic heterocycles. The molecule has 154 valence electrons. The van der Waals surface area contributed by atoms with Crippen molar-refractivity contribution in [2.45, 2.75) is 20.4 Å². The van der Waals surface area contributed by atoms with Crippen molar-refractivity contribution in [2.24, 2.45) is 0 Å². The maximum atomic E-state index is 13.1. The summed E-state index contributed by atoms with van der Waals surface area (Å²) in [6.45, 7) is 4.01. The normalized spacial score (nSPS) is 11.3. The van der Waals surface area contributed by atoms with E-state index in [1.54, 1.807) is 6.20 Å². The van der Waals surface area contributed by atoms with Crippen molar-refractivity contribution in [1.29, 1.82) is 0 Å². The first kappa shape index (κ1) is 18.7. The van der Waals surface area contributed by atoms with Crippen LogP contribution in [0.25, 0.3) is 28.0 Å². The summed E-state index contributed by atoms with van der Waals surface area (Å²) in [7, 11) is 0. The highest BCUT2D eigenvalue weighted by Crippen LogP contribution is 2.34. The zero-order valence-corrected chi connectivity index (χ0v) is 16.9. The average molecular weight is 413 g/mol. The maximum absolute atomic E-state index is 13.1. The Balaban J connectivity index is 1.85. The van der Waals surface area contributed by atoms with E-state index < -0.39 is 5.69 Å². The van der Waals surface area contributed by atoms with Crippen LogP contribution >= 0.6 is 0 Å². The van der Waals surface area contributed by atoms with E-state index in [1.165, 1.54) is 9.08 Å². The Morgan fingerprint density at radius 2 is 1.77 bits per heavy atom. The van der Waals surface area contributed by atoms with Gasteiger partial charge >= 0.3 is 5.69 Å². The van der Waals surface area contributed by atoms with Crippen LogP contribution in [-0.4, -0.2) is 39.6 Å². The lowest BCUT2D eigenvalue weighted by Crippen LogP contribution is -2.23. The smallest absolute Gasteiger partial charge is 0.353 e. The largest absolute Gasteiger partial charge is 0.369 e. The first-order valence-electron chi connectivity index (χ1n) is 9.66. The van der Waals surface area contributed by atoms with E-state index in [1.807, 2.05) is 56.3 Å². The maximum Gasteiger partial charge on any atom is 0.353 e. The molecule has 31 heavy (non-hydrogen) atoms. The van der Waals surface area contributed by atoms with Crippen molar-refractivity contribution in [1.82, 2.24) is 39.6 Å². The number of pyridine rings is 1. The molecule has 0 unspecified atom stereocenters. The number of aromatic nitrogens is 8. The highest BCUT2D eigenvalue weighted by Gasteiger charge is 2.22. The number of rotatable bonds is 4. The fourth-order valence-electron chi connectivity index (χ4n) is 3.71. The van der Waals surface area contributed by atoms with Gasteiger partial charge in [-0.3, -0.25) is 10.1 Å². The third-order valence-corrected chi connectivity index (χ3v) is 4.95. The Kier molecular flexibility index (Phi) is 4.32. The Hall–Kier alpha value is -4.34. The van der Waals surface area contributed by atoms with Crippen molar-refractivity contribution in [2.75, 3.05) is 5.73 Å². The van der Waals surface area contributed by atoms with Gasteiger partial charge in [0.2, 0.25) is 5.95 Å². The van der Waals surface area contributed by atoms with Gasteiger partial charge in [-0.25, -0.2) is 18.9 Å². The van der Waals surface area contributed by atoms with E-state index in [4.69, 9.17) is 5.73 Å². The zero-order valence-electron chi connectivity index (χ0n) is 16.9. The van der Waals surface area contributed by atoms with Crippen molar-refractivity contribution < 1.29 is 0 Å². The quantitative estimate of drug-likeness (QED) is 0.460. The number of anilines is 1. The molecule has 5 aromatic rings. The van der Waals surface area contributed by atoms with E-state index in [-0.39, 0.29) is 12.5 Å². The first-order valence-corrected chi connectivity index (χ1v) is 9.66. The predicted octanol–water partition coefficient (Wildman–Crippen LogP) is 1.99. The highest BCUT2D eigenvalue weighted by molar-refractivity contribution is 5.90. The second kappa shape index (κ2) is 7.17. The van der Waals surface area contributed by atoms with Crippen LogP contribution in [0.4, 0.5) is 5.95 Å². The summed E-state index contributed by atoms with van der Waals surface area (Å²) in [6, 6.07) is 13.6. The number of nitrogens with two attached hydrogens (primary N) is 1. The molecule has 4 heterocycles. The van der Waals surface area contributed by atoms with E-state index in [0.29, 0.717) is 22.6 Å². The zero-order chi connectivity index (χ0) is 21.5. The molecule has 0 fully saturated rings. The summed E-state index contributed by atoms with van der Waals surface area (Å²) < 4.78 is 2.64. The lowest BCUT2D eigenvalue weighted by Gasteiger charge is -2.13. The van der Waals surface area contributed by atoms with E-state index in [0.717, 1.165) is 22.5 Å². The fourth-order valence-corrected chi connectivity index (χ4v) is 3.71. The minimum absolute atomic E-state index is 0.0662. The molecule has 0 aliphatic rings. The standard InChI is InChI=1S/C21H19N9O/c1-12-8-15(9-13(2)24-12)17-18(14-6-4-3-5-7-14)25-20(22)30-19(17)27-29(21(30)31)11-16-10-23-28-26-16/h3-10H,11H2,1-2H3,(H2,22,25)(H,23,26,28). The molecule has 5 rings (SSSR count). The van der Waals surface area contributed by atoms with Crippen molar-refractivity contribution in [3.8, 4) is 22.4 Å². The van der Waals surface area contributed by atoms with Gasteiger partial charge in [0.25, 0.3) is 0 Å². The lowest BCUT2D eigenvalue weighted by molar-refractivity contribution is 0.644. The second-order valence-electron chi connectivity index (χ2n) is 7.26. The number of aryl methyl sites for hydroxylation is 2. The topological polar surface area (TPSA) is 133 Å². The van der Waals surface area contributed by atoms with Crippen LogP contribution in [-0.2, 0) is 6.54 Å². The summed E-state index contributed by atoms with van der Waals surface area (Å²) in [6.07, 6.45) is 1.62. The van der Waals surface area contributed by atoms with Gasteiger partial charge in [-0.2, -0.15) is 0 Å². The number of hydrogen-bond acceptors (Lipinski definition) is 7. The molecule has 0 aliphatic carbocycles. The van der Waals surface area contributed by atoms with Gasteiger partial charge in [-0.15, -0.1) is 10.2 Å². The van der Waals surface area contributed by atoms with Crippen molar-refractivity contribution in [3.05, 3.63) is 76.2 Å². The first-order chi connectivity index (χ1) is 15.0. The SMILES string of the molecule is Cc1cc(-c2c(-c3ccccc3)nc(N)n3c(=O)n(Cc4c[nH]nn4)nc23)cc(C)n1. The Labute approximate surface area is 176 Å². The van der Waals surface area contributed by atoms with Crippen molar-refractivity contribution in [3.63, 3.8) is 0 Å². The highest BCUT2D eigenvalue weighted by atomic mass is 16.2. The molecule has 0 saturated carbocycles.